The third-order valence-electron chi connectivity index (χ3n) is 9.41. The minimum atomic E-state index is -0.521. The smallest absolute Gasteiger partial charge is 0.404 e. The second-order valence-electron chi connectivity index (χ2n) is 12.3. The van der Waals surface area contributed by atoms with Crippen LogP contribution in [0, 0.1) is 29.1 Å². The molecule has 6 atom stereocenters. The molecular weight excluding hydrogens is 403 g/mol. The van der Waals surface area contributed by atoms with Crippen LogP contribution in [0.1, 0.15) is 92.4 Å². The second-order valence-corrected chi connectivity index (χ2v) is 12.3. The number of nitrogens with one attached hydrogen (secondary N) is 1. The van der Waals surface area contributed by atoms with Gasteiger partial charge in [-0.2, -0.15) is 0 Å². The Bertz CT molecular complexity index is 765. The Morgan fingerprint density at radius 3 is 2.62 bits per heavy atom. The van der Waals surface area contributed by atoms with Gasteiger partial charge < -0.3 is 19.5 Å². The minimum Gasteiger partial charge on any atom is -0.404 e. The van der Waals surface area contributed by atoms with Gasteiger partial charge in [0.15, 0.2) is 0 Å². The van der Waals surface area contributed by atoms with E-state index >= 15 is 0 Å². The Hall–Kier alpha value is -1.08. The van der Waals surface area contributed by atoms with Crippen molar-refractivity contribution in [2.24, 2.45) is 34.2 Å². The van der Waals surface area contributed by atoms with Crippen molar-refractivity contribution in [1.82, 2.24) is 5.32 Å². The summed E-state index contributed by atoms with van der Waals surface area (Å²) in [5.41, 5.74) is 1.13. The largest absolute Gasteiger partial charge is 0.481 e. The maximum atomic E-state index is 13.2. The van der Waals surface area contributed by atoms with Gasteiger partial charge in [-0.25, -0.2) is 0 Å². The lowest BCUT2D eigenvalue weighted by Crippen LogP contribution is -2.65. The van der Waals surface area contributed by atoms with Gasteiger partial charge in [0.25, 0.3) is 5.91 Å². The molecular formula is C25H41BN2O4. The normalized spacial score (nSPS) is 39.2. The first-order valence-corrected chi connectivity index (χ1v) is 13.0. The van der Waals surface area contributed by atoms with Gasteiger partial charge in [0.1, 0.15) is 0 Å². The van der Waals surface area contributed by atoms with Crippen molar-refractivity contribution in [2.45, 2.75) is 116 Å². The topological polar surface area (TPSA) is 69.2 Å². The zero-order chi connectivity index (χ0) is 22.7. The second kappa shape index (κ2) is 8.30. The Morgan fingerprint density at radius 1 is 1.19 bits per heavy atom. The Morgan fingerprint density at radius 2 is 1.94 bits per heavy atom. The number of nitrogens with zero attached hydrogens (tertiary/aromatic N) is 1. The van der Waals surface area contributed by atoms with E-state index in [2.05, 4.69) is 45.1 Å². The molecule has 2 bridgehead atoms. The maximum absolute atomic E-state index is 13.2. The van der Waals surface area contributed by atoms with Crippen molar-refractivity contribution < 1.29 is 18.9 Å². The van der Waals surface area contributed by atoms with E-state index in [1.165, 1.54) is 38.5 Å². The molecule has 4 aliphatic carbocycles. The zero-order valence-electron chi connectivity index (χ0n) is 20.6. The van der Waals surface area contributed by atoms with E-state index in [0.29, 0.717) is 35.5 Å². The molecule has 2 aliphatic heterocycles. The van der Waals surface area contributed by atoms with Crippen LogP contribution in [-0.2, 0) is 18.9 Å². The molecule has 2 heterocycles. The molecule has 1 N–H and O–H groups in total. The molecule has 1 amide bonds. The summed E-state index contributed by atoms with van der Waals surface area (Å²) < 4.78 is 13.2. The SMILES string of the molecule is CC(C)C[C@H](NC(=O)C1CC(C2CCCCC2)=NO1)B1O[C@@H]2C[C@@H]3C[C@@H](C3(C)C)[C@]2(C)O1. The van der Waals surface area contributed by atoms with Gasteiger partial charge in [-0.15, -0.1) is 0 Å². The molecule has 7 heteroatoms. The monoisotopic (exact) mass is 444 g/mol. The lowest BCUT2D eigenvalue weighted by atomic mass is 9.43. The van der Waals surface area contributed by atoms with Gasteiger partial charge in [-0.05, 0) is 62.2 Å². The summed E-state index contributed by atoms with van der Waals surface area (Å²) >= 11 is 0. The highest BCUT2D eigenvalue weighted by Gasteiger charge is 2.68. The number of rotatable bonds is 6. The molecule has 6 aliphatic rings. The van der Waals surface area contributed by atoms with Crippen LogP contribution in [0.3, 0.4) is 0 Å². The van der Waals surface area contributed by atoms with Crippen LogP contribution in [0.15, 0.2) is 5.16 Å². The van der Waals surface area contributed by atoms with E-state index in [-0.39, 0.29) is 23.6 Å². The van der Waals surface area contributed by atoms with Crippen LogP contribution in [0.5, 0.6) is 0 Å². The van der Waals surface area contributed by atoms with E-state index in [4.69, 9.17) is 14.1 Å². The number of oxime groups is 1. The van der Waals surface area contributed by atoms with Gasteiger partial charge in [-0.3, -0.25) is 4.79 Å². The Balaban J connectivity index is 1.23. The van der Waals surface area contributed by atoms with Gasteiger partial charge >= 0.3 is 7.12 Å². The highest BCUT2D eigenvalue weighted by molar-refractivity contribution is 6.47. The van der Waals surface area contributed by atoms with Crippen molar-refractivity contribution in [3.63, 3.8) is 0 Å². The first-order chi connectivity index (χ1) is 15.2. The molecule has 4 saturated carbocycles. The summed E-state index contributed by atoms with van der Waals surface area (Å²) in [5, 5.41) is 7.57. The van der Waals surface area contributed by atoms with Crippen LogP contribution in [0.2, 0.25) is 0 Å². The number of amides is 1. The highest BCUT2D eigenvalue weighted by Crippen LogP contribution is 2.65. The molecule has 0 radical (unpaired) electrons. The lowest BCUT2D eigenvalue weighted by molar-refractivity contribution is -0.199. The summed E-state index contributed by atoms with van der Waals surface area (Å²) in [6.07, 6.45) is 9.51. The van der Waals surface area contributed by atoms with Crippen LogP contribution < -0.4 is 5.32 Å². The molecule has 32 heavy (non-hydrogen) atoms. The molecule has 0 aromatic carbocycles. The molecule has 0 aromatic heterocycles. The van der Waals surface area contributed by atoms with Crippen molar-refractivity contribution in [3.8, 4) is 0 Å². The molecule has 6 nitrogen and oxygen atoms in total. The fourth-order valence-electron chi connectivity index (χ4n) is 7.31. The number of carbonyl (C=O) groups excluding carboxylic acids is 1. The van der Waals surface area contributed by atoms with Gasteiger partial charge in [0, 0.05) is 12.3 Å². The van der Waals surface area contributed by atoms with Gasteiger partial charge in [-0.1, -0.05) is 52.1 Å². The standard InChI is InChI=1S/C25H41BN2O4/c1-15(2)11-22(26-30-21-13-17-12-20(24(17,3)4)25(21,5)32-26)27-23(29)19-14-18(28-31-19)16-9-7-6-8-10-16/h15-17,19-22H,6-14H2,1-5H3,(H,27,29)/t17-,19?,20-,21+,22-,25-/m0/s1. The summed E-state index contributed by atoms with van der Waals surface area (Å²) in [6.45, 7) is 11.3. The quantitative estimate of drug-likeness (QED) is 0.612. The van der Waals surface area contributed by atoms with Crippen LogP contribution in [0.25, 0.3) is 0 Å². The Kier molecular flexibility index (Phi) is 5.89. The highest BCUT2D eigenvalue weighted by atomic mass is 16.7. The summed E-state index contributed by atoms with van der Waals surface area (Å²) in [6, 6.07) is 0. The van der Waals surface area contributed by atoms with E-state index in [0.717, 1.165) is 18.6 Å². The van der Waals surface area contributed by atoms with E-state index in [1.807, 2.05) is 0 Å². The molecule has 178 valence electrons. The molecule has 5 fully saturated rings. The van der Waals surface area contributed by atoms with Crippen LogP contribution in [0.4, 0.5) is 0 Å². The van der Waals surface area contributed by atoms with E-state index in [1.54, 1.807) is 0 Å². The minimum absolute atomic E-state index is 0.0814. The van der Waals surface area contributed by atoms with Crippen molar-refractivity contribution in [2.75, 3.05) is 0 Å². The predicted octanol–water partition coefficient (Wildman–Crippen LogP) is 4.51. The molecule has 0 spiro atoms. The first-order valence-electron chi connectivity index (χ1n) is 13.0. The zero-order valence-corrected chi connectivity index (χ0v) is 20.6. The third kappa shape index (κ3) is 3.81. The number of carbonyl (C=O) groups is 1. The molecule has 1 unspecified atom stereocenters. The third-order valence-corrected chi connectivity index (χ3v) is 9.41. The van der Waals surface area contributed by atoms with Gasteiger partial charge in [0.2, 0.25) is 6.10 Å². The number of hydrogen-bond donors (Lipinski definition) is 1. The van der Waals surface area contributed by atoms with E-state index in [9.17, 15) is 4.79 Å². The van der Waals surface area contributed by atoms with E-state index < -0.39 is 13.2 Å². The fraction of sp³-hybridized carbons (Fsp3) is 0.920. The lowest BCUT2D eigenvalue weighted by Gasteiger charge is -2.64. The summed E-state index contributed by atoms with van der Waals surface area (Å²) in [4.78, 5) is 18.8. The predicted molar refractivity (Wildman–Crippen MR) is 125 cm³/mol. The van der Waals surface area contributed by atoms with Crippen LogP contribution in [-0.4, -0.2) is 42.5 Å². The fourth-order valence-corrected chi connectivity index (χ4v) is 7.31. The average molecular weight is 444 g/mol. The maximum Gasteiger partial charge on any atom is 0.481 e. The number of hydrogen-bond acceptors (Lipinski definition) is 5. The Labute approximate surface area is 193 Å². The summed E-state index contributed by atoms with van der Waals surface area (Å²) in [5.74, 6) is 1.89. The first kappa shape index (κ1) is 22.7. The van der Waals surface area contributed by atoms with Crippen molar-refractivity contribution in [3.05, 3.63) is 0 Å². The average Bonchev–Trinajstić information content (AvgIpc) is 3.37. The van der Waals surface area contributed by atoms with Crippen LogP contribution >= 0.6 is 0 Å². The molecule has 0 aromatic rings. The summed E-state index contributed by atoms with van der Waals surface area (Å²) in [7, 11) is -0.397. The van der Waals surface area contributed by atoms with Crippen molar-refractivity contribution in [1.29, 1.82) is 0 Å². The van der Waals surface area contributed by atoms with Gasteiger partial charge in [0.05, 0.1) is 23.4 Å². The molecule has 6 rings (SSSR count). The van der Waals surface area contributed by atoms with Crippen molar-refractivity contribution >= 4 is 18.7 Å². The molecule has 1 saturated heterocycles.